The molecular weight excluding hydrogens is 787 g/mol. The van der Waals surface area contributed by atoms with Gasteiger partial charge in [-0.25, -0.2) is 8.42 Å². The number of amides is 5. The summed E-state index contributed by atoms with van der Waals surface area (Å²) in [6.45, 7) is 4.32. The fourth-order valence-electron chi connectivity index (χ4n) is 7.79. The van der Waals surface area contributed by atoms with Crippen molar-refractivity contribution in [3.63, 3.8) is 0 Å². The van der Waals surface area contributed by atoms with Crippen molar-refractivity contribution < 1.29 is 41.9 Å². The number of hydrogen-bond acceptors (Lipinski definition) is 11. The maximum Gasteiger partial charge on any atom is 0.264 e. The van der Waals surface area contributed by atoms with Crippen LogP contribution in [-0.4, -0.2) is 81.2 Å². The highest BCUT2D eigenvalue weighted by Gasteiger charge is 2.44. The van der Waals surface area contributed by atoms with E-state index in [0.717, 1.165) is 79.6 Å². The molecule has 2 aliphatic rings. The summed E-state index contributed by atoms with van der Waals surface area (Å²) in [5.41, 5.74) is 3.48. The molecule has 60 heavy (non-hydrogen) atoms. The van der Waals surface area contributed by atoms with Crippen molar-refractivity contribution in [2.24, 2.45) is 0 Å². The second kappa shape index (κ2) is 21.7. The first-order valence-electron chi connectivity index (χ1n) is 21.0. The summed E-state index contributed by atoms with van der Waals surface area (Å²) in [6.07, 6.45) is 13.5. The number of methoxy groups -OCH3 is 1. The normalized spacial score (nSPS) is 15.7. The van der Waals surface area contributed by atoms with E-state index in [1.54, 1.807) is 37.3 Å². The smallest absolute Gasteiger partial charge is 0.264 e. The SMILES string of the molecule is CCOc1cc([C@@H](CS(C)(=O)=O)N2C(=O)c3cc(CCCCCCCCCCCCNc4cccc(NC5CCC(=O)NC5=O)c4)cc(NC(C)=O)c3C2=O)ccc1OC. The summed E-state index contributed by atoms with van der Waals surface area (Å²) in [7, 11) is -2.19. The van der Waals surface area contributed by atoms with Gasteiger partial charge in [-0.15, -0.1) is 0 Å². The van der Waals surface area contributed by atoms with Gasteiger partial charge in [0.25, 0.3) is 11.8 Å². The summed E-state index contributed by atoms with van der Waals surface area (Å²) in [5.74, 6) is -1.90. The van der Waals surface area contributed by atoms with Gasteiger partial charge in [0.1, 0.15) is 15.9 Å². The van der Waals surface area contributed by atoms with Crippen molar-refractivity contribution >= 4 is 56.4 Å². The van der Waals surface area contributed by atoms with E-state index in [1.165, 1.54) is 33.3 Å². The van der Waals surface area contributed by atoms with Crippen LogP contribution in [-0.2, 0) is 30.6 Å². The van der Waals surface area contributed by atoms with Crippen molar-refractivity contribution in [3.05, 3.63) is 76.9 Å². The number of nitrogens with one attached hydrogen (secondary N) is 4. The lowest BCUT2D eigenvalue weighted by Crippen LogP contribution is -2.47. The predicted molar refractivity (Wildman–Crippen MR) is 232 cm³/mol. The Kier molecular flexibility index (Phi) is 16.5. The molecule has 2 heterocycles. The van der Waals surface area contributed by atoms with E-state index in [9.17, 15) is 32.4 Å². The highest BCUT2D eigenvalue weighted by molar-refractivity contribution is 7.90. The molecule has 0 aliphatic carbocycles. The van der Waals surface area contributed by atoms with Crippen molar-refractivity contribution in [3.8, 4) is 11.5 Å². The van der Waals surface area contributed by atoms with Crippen molar-refractivity contribution in [2.45, 2.75) is 109 Å². The number of ether oxygens (including phenoxy) is 2. The van der Waals surface area contributed by atoms with Crippen LogP contribution < -0.4 is 30.7 Å². The van der Waals surface area contributed by atoms with Gasteiger partial charge in [-0.2, -0.15) is 0 Å². The number of imide groups is 2. The van der Waals surface area contributed by atoms with Crippen LogP contribution in [0, 0.1) is 0 Å². The third kappa shape index (κ3) is 12.8. The lowest BCUT2D eigenvalue weighted by Gasteiger charge is -2.27. The highest BCUT2D eigenvalue weighted by atomic mass is 32.2. The van der Waals surface area contributed by atoms with Gasteiger partial charge in [-0.3, -0.25) is 34.2 Å². The van der Waals surface area contributed by atoms with Gasteiger partial charge < -0.3 is 25.4 Å². The van der Waals surface area contributed by atoms with Gasteiger partial charge in [-0.05, 0) is 86.2 Å². The fraction of sp³-hybridized carbons (Fsp3) is 0.489. The molecule has 0 radical (unpaired) electrons. The number of piperidine rings is 1. The first-order chi connectivity index (χ1) is 28.8. The molecule has 2 aliphatic heterocycles. The Morgan fingerprint density at radius 3 is 2.20 bits per heavy atom. The van der Waals surface area contributed by atoms with E-state index < -0.39 is 45.4 Å². The molecule has 0 bridgehead atoms. The minimum Gasteiger partial charge on any atom is -0.493 e. The number of anilines is 3. The molecule has 0 spiro atoms. The number of aryl methyl sites for hydroxylation is 1. The number of fused-ring (bicyclic) bond motifs is 1. The predicted octanol–water partition coefficient (Wildman–Crippen LogP) is 7.21. The third-order valence-electron chi connectivity index (χ3n) is 10.7. The lowest BCUT2D eigenvalue weighted by molar-refractivity contribution is -0.133. The van der Waals surface area contributed by atoms with E-state index >= 15 is 0 Å². The summed E-state index contributed by atoms with van der Waals surface area (Å²) < 4.78 is 36.4. The van der Waals surface area contributed by atoms with Gasteiger partial charge in [0.05, 0.1) is 42.3 Å². The Bertz CT molecular complexity index is 2140. The Balaban J connectivity index is 1.05. The number of sulfone groups is 1. The van der Waals surface area contributed by atoms with E-state index in [0.29, 0.717) is 42.9 Å². The fourth-order valence-corrected chi connectivity index (χ4v) is 8.70. The molecule has 5 amide bonds. The number of unbranched alkanes of at least 4 members (excludes halogenated alkanes) is 9. The zero-order valence-electron chi connectivity index (χ0n) is 35.2. The largest absolute Gasteiger partial charge is 0.493 e. The quantitative estimate of drug-likeness (QED) is 0.0527. The molecule has 5 rings (SSSR count). The van der Waals surface area contributed by atoms with Crippen LogP contribution in [0.15, 0.2) is 54.6 Å². The number of benzene rings is 3. The average Bonchev–Trinajstić information content (AvgIpc) is 3.45. The molecule has 1 saturated heterocycles. The Morgan fingerprint density at radius 2 is 1.55 bits per heavy atom. The maximum atomic E-state index is 14.1. The van der Waals surface area contributed by atoms with Crippen molar-refractivity contribution in [1.29, 1.82) is 0 Å². The van der Waals surface area contributed by atoms with E-state index in [4.69, 9.17) is 9.47 Å². The topological polar surface area (TPSA) is 189 Å². The van der Waals surface area contributed by atoms with Gasteiger partial charge >= 0.3 is 0 Å². The van der Waals surface area contributed by atoms with Crippen LogP contribution in [0.2, 0.25) is 0 Å². The molecular formula is C45H59N5O9S. The molecule has 324 valence electrons. The number of carbonyl (C=O) groups is 5. The zero-order valence-corrected chi connectivity index (χ0v) is 36.0. The molecule has 3 aromatic rings. The molecule has 14 nitrogen and oxygen atoms in total. The lowest BCUT2D eigenvalue weighted by atomic mass is 9.98. The van der Waals surface area contributed by atoms with E-state index in [2.05, 4.69) is 21.3 Å². The van der Waals surface area contributed by atoms with Crippen LogP contribution in [0.4, 0.5) is 17.1 Å². The number of rotatable bonds is 24. The average molecular weight is 846 g/mol. The van der Waals surface area contributed by atoms with Crippen molar-refractivity contribution in [2.75, 3.05) is 48.2 Å². The van der Waals surface area contributed by atoms with Gasteiger partial charge in [0.2, 0.25) is 17.7 Å². The van der Waals surface area contributed by atoms with Crippen LogP contribution >= 0.6 is 0 Å². The molecule has 3 aromatic carbocycles. The zero-order chi connectivity index (χ0) is 43.2. The minimum atomic E-state index is -3.67. The standard InChI is InChI=1S/C45H59N5O9S/c1-5-59-40-27-32(20-22-39(40)58-3)38(29-60(4,56)57)50-44(54)35-25-31(26-37(47-30(2)51)42(35)45(50)55)17-14-12-10-8-6-7-9-11-13-15-24-46-33-18-16-19-34(28-33)48-36-21-23-41(52)49-43(36)53/h16,18-20,22,25-28,36,38,46,48H,5-15,17,21,23-24,29H2,1-4H3,(H,47,51)(H,49,52,53)/t36?,38-/m1/s1. The number of hydrogen-bond donors (Lipinski definition) is 4. The Labute approximate surface area is 353 Å². The first kappa shape index (κ1) is 45.6. The second-order valence-corrected chi connectivity index (χ2v) is 17.8. The maximum absolute atomic E-state index is 14.1. The molecule has 0 saturated carbocycles. The molecule has 1 unspecified atom stereocenters. The first-order valence-corrected chi connectivity index (χ1v) is 23.1. The highest BCUT2D eigenvalue weighted by Crippen LogP contribution is 2.39. The van der Waals surface area contributed by atoms with Gasteiger partial charge in [-0.1, -0.05) is 63.5 Å². The van der Waals surface area contributed by atoms with Crippen LogP contribution in [0.1, 0.15) is 129 Å². The van der Waals surface area contributed by atoms with E-state index in [1.807, 2.05) is 24.3 Å². The molecule has 0 aromatic heterocycles. The second-order valence-electron chi connectivity index (χ2n) is 15.6. The number of nitrogens with zero attached hydrogens (tertiary/aromatic N) is 1. The minimum absolute atomic E-state index is 0.0543. The third-order valence-corrected chi connectivity index (χ3v) is 11.6. The molecule has 4 N–H and O–H groups in total. The van der Waals surface area contributed by atoms with Crippen LogP contribution in [0.3, 0.4) is 0 Å². The molecule has 1 fully saturated rings. The van der Waals surface area contributed by atoms with Crippen molar-refractivity contribution in [1.82, 2.24) is 10.2 Å². The van der Waals surface area contributed by atoms with E-state index in [-0.39, 0.29) is 28.6 Å². The Hall–Kier alpha value is -5.44. The summed E-state index contributed by atoms with van der Waals surface area (Å²) in [5, 5.41) is 11.8. The summed E-state index contributed by atoms with van der Waals surface area (Å²) in [4.78, 5) is 64.8. The molecule has 2 atom stereocenters. The monoisotopic (exact) mass is 845 g/mol. The summed E-state index contributed by atoms with van der Waals surface area (Å²) in [6, 6.07) is 14.6. The van der Waals surface area contributed by atoms with Crippen LogP contribution in [0.25, 0.3) is 0 Å². The summed E-state index contributed by atoms with van der Waals surface area (Å²) >= 11 is 0. The van der Waals surface area contributed by atoms with Gasteiger partial charge in [0, 0.05) is 37.5 Å². The van der Waals surface area contributed by atoms with Gasteiger partial charge in [0.15, 0.2) is 11.5 Å². The molecule has 15 heteroatoms. The van der Waals surface area contributed by atoms with Crippen LogP contribution in [0.5, 0.6) is 11.5 Å². The number of carbonyl (C=O) groups excluding carboxylic acids is 5. The Morgan fingerprint density at radius 1 is 0.867 bits per heavy atom.